The minimum absolute atomic E-state index is 0.00118. The lowest BCUT2D eigenvalue weighted by molar-refractivity contribution is -0.140. The summed E-state index contributed by atoms with van der Waals surface area (Å²) < 4.78 is 40.6. The van der Waals surface area contributed by atoms with Gasteiger partial charge in [0.2, 0.25) is 11.8 Å². The molecule has 254 valence electrons. The topological polar surface area (TPSA) is 105 Å². The highest BCUT2D eigenvalue weighted by molar-refractivity contribution is 7.92. The highest BCUT2D eigenvalue weighted by Crippen LogP contribution is 2.34. The molecular formula is C37H42ClN3O6S. The van der Waals surface area contributed by atoms with Gasteiger partial charge >= 0.3 is 0 Å². The van der Waals surface area contributed by atoms with E-state index in [0.717, 1.165) is 15.4 Å². The van der Waals surface area contributed by atoms with Gasteiger partial charge in [-0.1, -0.05) is 71.8 Å². The van der Waals surface area contributed by atoms with E-state index in [-0.39, 0.29) is 35.2 Å². The quantitative estimate of drug-likeness (QED) is 0.174. The van der Waals surface area contributed by atoms with E-state index >= 15 is 0 Å². The molecule has 0 bridgehead atoms. The van der Waals surface area contributed by atoms with Crippen LogP contribution in [0.3, 0.4) is 0 Å². The number of benzene rings is 4. The Morgan fingerprint density at radius 2 is 1.48 bits per heavy atom. The van der Waals surface area contributed by atoms with Crippen LogP contribution in [0.15, 0.2) is 102 Å². The normalized spacial score (nSPS) is 12.1. The summed E-state index contributed by atoms with van der Waals surface area (Å²) in [4.78, 5) is 30.1. The molecule has 0 saturated heterocycles. The smallest absolute Gasteiger partial charge is 0.264 e. The van der Waals surface area contributed by atoms with Gasteiger partial charge in [0.15, 0.2) is 11.5 Å². The van der Waals surface area contributed by atoms with Crippen molar-refractivity contribution >= 4 is 39.1 Å². The highest BCUT2D eigenvalue weighted by atomic mass is 35.5. The molecule has 48 heavy (non-hydrogen) atoms. The van der Waals surface area contributed by atoms with E-state index in [1.165, 1.54) is 37.3 Å². The second-order valence-electron chi connectivity index (χ2n) is 12.5. The average Bonchev–Trinajstić information content (AvgIpc) is 3.04. The number of rotatable bonds is 13. The largest absolute Gasteiger partial charge is 0.493 e. The van der Waals surface area contributed by atoms with Crippen LogP contribution >= 0.6 is 11.6 Å². The molecule has 0 spiro atoms. The lowest BCUT2D eigenvalue weighted by Gasteiger charge is -2.35. The van der Waals surface area contributed by atoms with Gasteiger partial charge in [-0.15, -0.1) is 0 Å². The molecule has 0 aliphatic carbocycles. The Hall–Kier alpha value is -4.54. The maximum Gasteiger partial charge on any atom is 0.264 e. The number of carbonyl (C=O) groups excluding carboxylic acids is 2. The van der Waals surface area contributed by atoms with Crippen molar-refractivity contribution in [1.82, 2.24) is 10.2 Å². The van der Waals surface area contributed by atoms with Crippen molar-refractivity contribution in [2.24, 2.45) is 0 Å². The first-order valence-corrected chi connectivity index (χ1v) is 17.2. The molecule has 4 aromatic carbocycles. The second-order valence-corrected chi connectivity index (χ2v) is 14.8. The van der Waals surface area contributed by atoms with Gasteiger partial charge in [0.1, 0.15) is 12.6 Å². The van der Waals surface area contributed by atoms with Crippen LogP contribution < -0.4 is 19.1 Å². The number of methoxy groups -OCH3 is 2. The van der Waals surface area contributed by atoms with Crippen LogP contribution in [0, 0.1) is 6.92 Å². The third kappa shape index (κ3) is 9.29. The van der Waals surface area contributed by atoms with E-state index in [1.54, 1.807) is 42.5 Å². The monoisotopic (exact) mass is 691 g/mol. The molecule has 0 aromatic heterocycles. The summed E-state index contributed by atoms with van der Waals surface area (Å²) in [5.74, 6) is -0.287. The first-order chi connectivity index (χ1) is 22.7. The SMILES string of the molecule is COc1ccc(N(CC(=O)N(Cc2cccc(Cl)c2)[C@H](Cc2ccccc2)C(=O)NC(C)(C)C)S(=O)(=O)c2ccc(C)cc2)cc1OC. The fraction of sp³-hybridized carbons (Fsp3) is 0.297. The van der Waals surface area contributed by atoms with E-state index in [2.05, 4.69) is 5.32 Å². The Bertz CT molecular complexity index is 1830. The molecule has 0 fully saturated rings. The molecule has 0 radical (unpaired) electrons. The van der Waals surface area contributed by atoms with Crippen molar-refractivity contribution in [2.75, 3.05) is 25.1 Å². The Morgan fingerprint density at radius 1 is 0.833 bits per heavy atom. The molecule has 0 heterocycles. The number of ether oxygens (including phenoxy) is 2. The molecule has 1 N–H and O–H groups in total. The molecule has 4 rings (SSSR count). The summed E-state index contributed by atoms with van der Waals surface area (Å²) >= 11 is 6.33. The van der Waals surface area contributed by atoms with E-state index in [9.17, 15) is 18.0 Å². The number of anilines is 1. The Morgan fingerprint density at radius 3 is 2.08 bits per heavy atom. The van der Waals surface area contributed by atoms with Crippen molar-refractivity contribution in [3.05, 3.63) is 119 Å². The summed E-state index contributed by atoms with van der Waals surface area (Å²) in [7, 11) is -1.37. The fourth-order valence-electron chi connectivity index (χ4n) is 5.19. The van der Waals surface area contributed by atoms with Gasteiger partial charge in [-0.05, 0) is 75.2 Å². The Labute approximate surface area is 288 Å². The van der Waals surface area contributed by atoms with E-state index in [4.69, 9.17) is 21.1 Å². The van der Waals surface area contributed by atoms with Crippen molar-refractivity contribution in [2.45, 2.75) is 57.1 Å². The van der Waals surface area contributed by atoms with E-state index in [1.807, 2.05) is 64.1 Å². The van der Waals surface area contributed by atoms with Gasteiger partial charge in [-0.25, -0.2) is 8.42 Å². The third-order valence-electron chi connectivity index (χ3n) is 7.55. The first-order valence-electron chi connectivity index (χ1n) is 15.4. The molecule has 4 aromatic rings. The predicted molar refractivity (Wildman–Crippen MR) is 189 cm³/mol. The van der Waals surface area contributed by atoms with Crippen molar-refractivity contribution in [3.8, 4) is 11.5 Å². The number of hydrogen-bond donors (Lipinski definition) is 1. The van der Waals surface area contributed by atoms with Gasteiger partial charge in [0.05, 0.1) is 24.8 Å². The molecule has 0 aliphatic heterocycles. The summed E-state index contributed by atoms with van der Waals surface area (Å²) in [6, 6.07) is 26.4. The summed E-state index contributed by atoms with van der Waals surface area (Å²) in [5, 5.41) is 3.49. The van der Waals surface area contributed by atoms with Gasteiger partial charge in [-0.2, -0.15) is 0 Å². The summed E-state index contributed by atoms with van der Waals surface area (Å²) in [6.07, 6.45) is 0.191. The first kappa shape index (κ1) is 36.3. The maximum absolute atomic E-state index is 14.7. The molecule has 0 aliphatic rings. The Kier molecular flexibility index (Phi) is 11.8. The molecule has 11 heteroatoms. The molecule has 0 saturated carbocycles. The minimum Gasteiger partial charge on any atom is -0.493 e. The van der Waals surface area contributed by atoms with Gasteiger partial charge in [0, 0.05) is 29.6 Å². The van der Waals surface area contributed by atoms with Crippen molar-refractivity contribution < 1.29 is 27.5 Å². The van der Waals surface area contributed by atoms with Crippen LogP contribution in [-0.2, 0) is 32.6 Å². The second kappa shape index (κ2) is 15.6. The van der Waals surface area contributed by atoms with E-state index in [0.29, 0.717) is 16.3 Å². The van der Waals surface area contributed by atoms with Crippen LogP contribution in [0.2, 0.25) is 5.02 Å². The molecule has 9 nitrogen and oxygen atoms in total. The van der Waals surface area contributed by atoms with Crippen LogP contribution in [0.4, 0.5) is 5.69 Å². The fourth-order valence-corrected chi connectivity index (χ4v) is 6.80. The highest BCUT2D eigenvalue weighted by Gasteiger charge is 2.36. The zero-order valence-electron chi connectivity index (χ0n) is 28.1. The number of halogens is 1. The number of hydrogen-bond acceptors (Lipinski definition) is 6. The van der Waals surface area contributed by atoms with Crippen LogP contribution in [0.25, 0.3) is 0 Å². The summed E-state index contributed by atoms with van der Waals surface area (Å²) in [6.45, 7) is 6.83. The molecule has 2 amide bonds. The lowest BCUT2D eigenvalue weighted by atomic mass is 10.0. The number of carbonyl (C=O) groups is 2. The van der Waals surface area contributed by atoms with Crippen molar-refractivity contribution in [1.29, 1.82) is 0 Å². The molecule has 1 atom stereocenters. The zero-order valence-corrected chi connectivity index (χ0v) is 29.6. The molecular weight excluding hydrogens is 650 g/mol. The number of aryl methyl sites for hydroxylation is 1. The van der Waals surface area contributed by atoms with Crippen LogP contribution in [0.5, 0.6) is 11.5 Å². The number of sulfonamides is 1. The standard InChI is InChI=1S/C37H42ClN3O6S/c1-26-15-18-31(19-16-26)48(44,45)41(30-17-20-33(46-5)34(23-30)47-6)25-35(42)40(24-28-13-10-14-29(38)21-28)32(36(43)39-37(2,3)4)22-27-11-8-7-9-12-27/h7-21,23,32H,22,24-25H2,1-6H3,(H,39,43)/t32-/m1/s1. The average molecular weight is 692 g/mol. The number of nitrogens with one attached hydrogen (secondary N) is 1. The van der Waals surface area contributed by atoms with Gasteiger partial charge < -0.3 is 19.7 Å². The van der Waals surface area contributed by atoms with Crippen LogP contribution in [0.1, 0.15) is 37.5 Å². The Balaban J connectivity index is 1.86. The van der Waals surface area contributed by atoms with Crippen LogP contribution in [-0.4, -0.2) is 57.5 Å². The van der Waals surface area contributed by atoms with Gasteiger partial charge in [-0.3, -0.25) is 13.9 Å². The third-order valence-corrected chi connectivity index (χ3v) is 9.58. The predicted octanol–water partition coefficient (Wildman–Crippen LogP) is 6.42. The summed E-state index contributed by atoms with van der Waals surface area (Å²) in [5.41, 5.74) is 1.97. The van der Waals surface area contributed by atoms with E-state index < -0.39 is 34.1 Å². The molecule has 0 unspecified atom stereocenters. The number of nitrogens with zero attached hydrogens (tertiary/aromatic N) is 2. The number of amides is 2. The minimum atomic E-state index is -4.29. The maximum atomic E-state index is 14.7. The van der Waals surface area contributed by atoms with Gasteiger partial charge in [0.25, 0.3) is 10.0 Å². The lowest BCUT2D eigenvalue weighted by Crippen LogP contribution is -2.56. The van der Waals surface area contributed by atoms with Crippen molar-refractivity contribution in [3.63, 3.8) is 0 Å². The zero-order chi connectivity index (χ0) is 35.1.